The van der Waals surface area contributed by atoms with E-state index >= 15 is 0 Å². The van der Waals surface area contributed by atoms with Crippen molar-refractivity contribution in [1.82, 2.24) is 9.55 Å². The van der Waals surface area contributed by atoms with Gasteiger partial charge in [-0.25, -0.2) is 9.78 Å². The average Bonchev–Trinajstić information content (AvgIpc) is 3.36. The third-order valence-corrected chi connectivity index (χ3v) is 6.08. The zero-order chi connectivity index (χ0) is 20.5. The summed E-state index contributed by atoms with van der Waals surface area (Å²) in [6.45, 7) is 4.16. The van der Waals surface area contributed by atoms with Crippen molar-refractivity contribution in [2.75, 3.05) is 14.2 Å². The van der Waals surface area contributed by atoms with Gasteiger partial charge in [0, 0.05) is 22.8 Å². The van der Waals surface area contributed by atoms with E-state index in [1.54, 1.807) is 14.2 Å². The second-order valence-corrected chi connectivity index (χ2v) is 8.01. The van der Waals surface area contributed by atoms with Crippen LogP contribution in [0.25, 0.3) is 10.6 Å². The number of nitrogens with zero attached hydrogens (tertiary/aromatic N) is 2. The smallest absolute Gasteiger partial charge is 0.340 e. The summed E-state index contributed by atoms with van der Waals surface area (Å²) in [7, 11) is 3.21. The van der Waals surface area contributed by atoms with Crippen LogP contribution in [0, 0.1) is 13.8 Å². The van der Waals surface area contributed by atoms with E-state index in [1.165, 1.54) is 24.2 Å². The molecular formula is C22H24N2O4S. The van der Waals surface area contributed by atoms with Gasteiger partial charge in [-0.1, -0.05) is 6.07 Å². The highest BCUT2D eigenvalue weighted by atomic mass is 32.1. The van der Waals surface area contributed by atoms with Gasteiger partial charge in [-0.05, 0) is 44.9 Å². The lowest BCUT2D eigenvalue weighted by Crippen LogP contribution is -2.07. The van der Waals surface area contributed by atoms with Crippen LogP contribution in [0.2, 0.25) is 0 Å². The molecule has 1 aromatic carbocycles. The number of ether oxygens (including phenoxy) is 3. The summed E-state index contributed by atoms with van der Waals surface area (Å²) in [6.07, 6.45) is 2.36. The molecule has 4 rings (SSSR count). The number of esters is 1. The third-order valence-electron chi connectivity index (χ3n) is 5.15. The summed E-state index contributed by atoms with van der Waals surface area (Å²) in [5.41, 5.74) is 4.29. The Bertz CT molecular complexity index is 1050. The number of methoxy groups -OCH3 is 2. The summed E-state index contributed by atoms with van der Waals surface area (Å²) < 4.78 is 18.6. The molecule has 1 aliphatic carbocycles. The third kappa shape index (κ3) is 3.74. The molecule has 3 aromatic rings. The van der Waals surface area contributed by atoms with E-state index in [4.69, 9.17) is 14.2 Å². The quantitative estimate of drug-likeness (QED) is 0.515. The van der Waals surface area contributed by atoms with Crippen molar-refractivity contribution in [1.29, 1.82) is 0 Å². The number of hydrogen-bond acceptors (Lipinski definition) is 6. The lowest BCUT2D eigenvalue weighted by Gasteiger charge is -2.10. The Hall–Kier alpha value is -2.80. The second kappa shape index (κ2) is 7.91. The first-order valence-corrected chi connectivity index (χ1v) is 10.4. The van der Waals surface area contributed by atoms with Crippen molar-refractivity contribution in [3.63, 3.8) is 0 Å². The molecule has 0 atom stereocenters. The van der Waals surface area contributed by atoms with Crippen LogP contribution in [0.4, 0.5) is 0 Å². The number of aromatic nitrogens is 2. The van der Waals surface area contributed by atoms with E-state index in [2.05, 4.69) is 9.55 Å². The van der Waals surface area contributed by atoms with Gasteiger partial charge in [0.25, 0.3) is 0 Å². The number of carbonyl (C=O) groups is 1. The largest absolute Gasteiger partial charge is 0.493 e. The molecule has 2 aromatic heterocycles. The minimum atomic E-state index is -0.307. The number of benzene rings is 1. The lowest BCUT2D eigenvalue weighted by atomic mass is 10.2. The average molecular weight is 413 g/mol. The Morgan fingerprint density at radius 3 is 2.72 bits per heavy atom. The summed E-state index contributed by atoms with van der Waals surface area (Å²) in [4.78, 5) is 17.2. The van der Waals surface area contributed by atoms with E-state index in [0.29, 0.717) is 28.8 Å². The fourth-order valence-corrected chi connectivity index (χ4v) is 4.47. The predicted octanol–water partition coefficient (Wildman–Crippen LogP) is 4.94. The van der Waals surface area contributed by atoms with Crippen molar-refractivity contribution in [3.8, 4) is 22.1 Å². The summed E-state index contributed by atoms with van der Waals surface area (Å²) >= 11 is 1.48. The first-order valence-electron chi connectivity index (χ1n) is 9.54. The molecule has 7 heteroatoms. The number of para-hydroxylation sites is 1. The fraction of sp³-hybridized carbons (Fsp3) is 0.364. The maximum absolute atomic E-state index is 12.6. The monoisotopic (exact) mass is 412 g/mol. The molecule has 152 valence electrons. The molecule has 29 heavy (non-hydrogen) atoms. The minimum absolute atomic E-state index is 0.134. The van der Waals surface area contributed by atoms with E-state index in [0.717, 1.165) is 22.0 Å². The van der Waals surface area contributed by atoms with Gasteiger partial charge in [0.05, 0.1) is 31.0 Å². The molecule has 0 spiro atoms. The molecule has 0 radical (unpaired) electrons. The molecule has 6 nitrogen and oxygen atoms in total. The van der Waals surface area contributed by atoms with Crippen LogP contribution in [-0.4, -0.2) is 29.7 Å². The second-order valence-electron chi connectivity index (χ2n) is 7.15. The Morgan fingerprint density at radius 2 is 2.03 bits per heavy atom. The van der Waals surface area contributed by atoms with Crippen molar-refractivity contribution in [2.24, 2.45) is 0 Å². The predicted molar refractivity (Wildman–Crippen MR) is 112 cm³/mol. The van der Waals surface area contributed by atoms with Gasteiger partial charge in [-0.15, -0.1) is 11.3 Å². The molecule has 0 bridgehead atoms. The van der Waals surface area contributed by atoms with Crippen LogP contribution >= 0.6 is 11.3 Å². The van der Waals surface area contributed by atoms with Crippen molar-refractivity contribution in [2.45, 2.75) is 39.3 Å². The zero-order valence-corrected chi connectivity index (χ0v) is 17.8. The van der Waals surface area contributed by atoms with E-state index in [9.17, 15) is 4.79 Å². The highest BCUT2D eigenvalue weighted by Gasteiger charge is 2.28. The zero-order valence-electron chi connectivity index (χ0n) is 17.0. The standard InChI is InChI=1S/C22H24N2O4S/c1-13-10-18(14(2)24(13)16-8-9-16)22(25)28-11-15-12-29-21(23-15)17-6-5-7-19(26-3)20(17)27-4/h5-7,10,12,16H,8-9,11H2,1-4H3. The number of rotatable bonds is 7. The normalized spacial score (nSPS) is 13.4. The molecule has 0 saturated heterocycles. The molecule has 1 saturated carbocycles. The van der Waals surface area contributed by atoms with Crippen LogP contribution < -0.4 is 9.47 Å². The topological polar surface area (TPSA) is 62.6 Å². The van der Waals surface area contributed by atoms with Crippen LogP contribution in [0.15, 0.2) is 29.6 Å². The van der Waals surface area contributed by atoms with Gasteiger partial charge in [-0.3, -0.25) is 0 Å². The van der Waals surface area contributed by atoms with E-state index < -0.39 is 0 Å². The molecule has 0 unspecified atom stereocenters. The maximum atomic E-state index is 12.6. The Balaban J connectivity index is 1.48. The molecule has 0 amide bonds. The highest BCUT2D eigenvalue weighted by molar-refractivity contribution is 7.13. The number of carbonyl (C=O) groups excluding carboxylic acids is 1. The van der Waals surface area contributed by atoms with Crippen LogP contribution in [0.1, 0.15) is 46.3 Å². The van der Waals surface area contributed by atoms with Crippen molar-refractivity contribution >= 4 is 17.3 Å². The molecular weight excluding hydrogens is 388 g/mol. The van der Waals surface area contributed by atoms with Crippen LogP contribution in [0.5, 0.6) is 11.5 Å². The fourth-order valence-electron chi connectivity index (χ4n) is 3.65. The van der Waals surface area contributed by atoms with Crippen molar-refractivity contribution < 1.29 is 19.0 Å². The van der Waals surface area contributed by atoms with Gasteiger partial charge in [0.15, 0.2) is 11.5 Å². The van der Waals surface area contributed by atoms with Crippen molar-refractivity contribution in [3.05, 3.63) is 52.3 Å². The van der Waals surface area contributed by atoms with E-state index in [1.807, 2.05) is 43.5 Å². The summed E-state index contributed by atoms with van der Waals surface area (Å²) in [5, 5.41) is 2.69. The van der Waals surface area contributed by atoms with Gasteiger partial charge >= 0.3 is 5.97 Å². The highest BCUT2D eigenvalue weighted by Crippen LogP contribution is 2.40. The first kappa shape index (κ1) is 19.5. The number of aryl methyl sites for hydroxylation is 1. The van der Waals surface area contributed by atoms with Gasteiger partial charge in [0.2, 0.25) is 0 Å². The lowest BCUT2D eigenvalue weighted by molar-refractivity contribution is 0.0467. The maximum Gasteiger partial charge on any atom is 0.340 e. The summed E-state index contributed by atoms with van der Waals surface area (Å²) in [5.74, 6) is 0.984. The van der Waals surface area contributed by atoms with Gasteiger partial charge in [-0.2, -0.15) is 0 Å². The first-order chi connectivity index (χ1) is 14.0. The number of thiazole rings is 1. The van der Waals surface area contributed by atoms with Gasteiger partial charge in [0.1, 0.15) is 11.6 Å². The van der Waals surface area contributed by atoms with Crippen LogP contribution in [-0.2, 0) is 11.3 Å². The molecule has 1 fully saturated rings. The summed E-state index contributed by atoms with van der Waals surface area (Å²) in [6, 6.07) is 8.13. The SMILES string of the molecule is COc1cccc(-c2nc(COC(=O)c3cc(C)n(C4CC4)c3C)cs2)c1OC. The Labute approximate surface area is 174 Å². The molecule has 0 N–H and O–H groups in total. The van der Waals surface area contributed by atoms with Gasteiger partial charge < -0.3 is 18.8 Å². The Morgan fingerprint density at radius 1 is 1.24 bits per heavy atom. The molecule has 1 aliphatic rings. The molecule has 0 aliphatic heterocycles. The molecule has 2 heterocycles. The Kier molecular flexibility index (Phi) is 5.32. The van der Waals surface area contributed by atoms with E-state index in [-0.39, 0.29) is 12.6 Å². The number of hydrogen-bond donors (Lipinski definition) is 0. The van der Waals surface area contributed by atoms with Crippen LogP contribution in [0.3, 0.4) is 0 Å². The minimum Gasteiger partial charge on any atom is -0.493 e.